The Hall–Kier alpha value is -3.44. The molecule has 31 heavy (non-hydrogen) atoms. The lowest BCUT2D eigenvalue weighted by molar-refractivity contribution is 0.415. The fourth-order valence-corrected chi connectivity index (χ4v) is 5.12. The maximum absolute atomic E-state index is 13.4. The number of rotatable bonds is 4. The molecule has 4 aromatic rings. The topological polar surface area (TPSA) is 43.6 Å². The third-order valence-electron chi connectivity index (χ3n) is 5.64. The lowest BCUT2D eigenvalue weighted by Crippen LogP contribution is -2.38. The van der Waals surface area contributed by atoms with Gasteiger partial charge in [-0.25, -0.2) is 0 Å². The molecule has 2 unspecified atom stereocenters. The zero-order valence-electron chi connectivity index (χ0n) is 17.1. The van der Waals surface area contributed by atoms with Crippen LogP contribution < -0.4 is 19.6 Å². The highest BCUT2D eigenvalue weighted by atomic mass is 32.1. The van der Waals surface area contributed by atoms with E-state index >= 15 is 0 Å². The number of benzene rings is 3. The molecule has 0 N–H and O–H groups in total. The molecule has 0 aliphatic carbocycles. The molecule has 0 fully saturated rings. The number of hydrogen-bond acceptors (Lipinski definition) is 4. The number of ether oxygens (including phenoxy) is 1. The average molecular weight is 427 g/mol. The summed E-state index contributed by atoms with van der Waals surface area (Å²) >= 11 is 1.46. The van der Waals surface area contributed by atoms with Crippen LogP contribution in [0.25, 0.3) is 6.08 Å². The molecule has 2 heterocycles. The Kier molecular flexibility index (Phi) is 5.26. The summed E-state index contributed by atoms with van der Waals surface area (Å²) in [6, 6.07) is 28.3. The zero-order chi connectivity index (χ0) is 21.2. The summed E-state index contributed by atoms with van der Waals surface area (Å²) in [7, 11) is 1.65. The molecule has 0 spiro atoms. The smallest absolute Gasteiger partial charge is 0.270 e. The molecule has 5 heteroatoms. The molecule has 2 atom stereocenters. The van der Waals surface area contributed by atoms with Crippen LogP contribution in [0.4, 0.5) is 0 Å². The van der Waals surface area contributed by atoms with Crippen LogP contribution in [0.5, 0.6) is 5.75 Å². The fraction of sp³-hybridized carbons (Fsp3) is 0.154. The molecule has 0 bridgehead atoms. The first-order valence-corrected chi connectivity index (χ1v) is 11.1. The van der Waals surface area contributed by atoms with E-state index in [1.54, 1.807) is 7.11 Å². The van der Waals surface area contributed by atoms with Gasteiger partial charge in [-0.05, 0) is 41.3 Å². The first-order valence-electron chi connectivity index (χ1n) is 10.3. The summed E-state index contributed by atoms with van der Waals surface area (Å²) < 4.78 is 7.80. The van der Waals surface area contributed by atoms with Gasteiger partial charge in [-0.2, -0.15) is 0 Å². The quantitative estimate of drug-likeness (QED) is 0.493. The molecule has 0 saturated carbocycles. The Labute approximate surface area is 184 Å². The third kappa shape index (κ3) is 3.84. The number of methoxy groups -OCH3 is 1. The molecular weight excluding hydrogens is 404 g/mol. The fourth-order valence-electron chi connectivity index (χ4n) is 4.05. The summed E-state index contributed by atoms with van der Waals surface area (Å²) in [4.78, 5) is 19.2. The molecule has 1 aromatic heterocycles. The van der Waals surface area contributed by atoms with Crippen molar-refractivity contribution in [3.63, 3.8) is 0 Å². The minimum Gasteiger partial charge on any atom is -0.497 e. The van der Waals surface area contributed by atoms with Crippen molar-refractivity contribution in [2.24, 2.45) is 4.99 Å². The van der Waals surface area contributed by atoms with E-state index in [1.165, 1.54) is 16.9 Å². The van der Waals surface area contributed by atoms with Crippen LogP contribution in [0.2, 0.25) is 0 Å². The van der Waals surface area contributed by atoms with Gasteiger partial charge in [-0.15, -0.1) is 0 Å². The molecule has 3 aromatic carbocycles. The van der Waals surface area contributed by atoms with E-state index in [4.69, 9.17) is 9.73 Å². The van der Waals surface area contributed by atoms with Crippen LogP contribution in [0.15, 0.2) is 94.7 Å². The van der Waals surface area contributed by atoms with Crippen molar-refractivity contribution in [1.82, 2.24) is 4.57 Å². The largest absolute Gasteiger partial charge is 0.497 e. The van der Waals surface area contributed by atoms with Crippen molar-refractivity contribution >= 4 is 17.4 Å². The molecule has 1 aliphatic heterocycles. The number of nitrogens with zero attached hydrogens (tertiary/aromatic N) is 2. The van der Waals surface area contributed by atoms with E-state index in [1.807, 2.05) is 71.3 Å². The Morgan fingerprint density at radius 2 is 1.58 bits per heavy atom. The Morgan fingerprint density at radius 3 is 2.23 bits per heavy atom. The summed E-state index contributed by atoms with van der Waals surface area (Å²) in [5.74, 6) is 0.796. The SMILES string of the molecule is COc1ccc(/C=c2/sc3n(c2=O)C(c2ccccc2)CC(c2ccccc2)N=3)cc1. The van der Waals surface area contributed by atoms with Crippen molar-refractivity contribution in [3.8, 4) is 5.75 Å². The molecular formula is C26H22N2O2S. The van der Waals surface area contributed by atoms with Crippen LogP contribution in [-0.2, 0) is 0 Å². The van der Waals surface area contributed by atoms with E-state index in [9.17, 15) is 4.79 Å². The van der Waals surface area contributed by atoms with Crippen molar-refractivity contribution in [1.29, 1.82) is 0 Å². The van der Waals surface area contributed by atoms with Gasteiger partial charge < -0.3 is 4.74 Å². The van der Waals surface area contributed by atoms with Gasteiger partial charge in [-0.1, -0.05) is 84.1 Å². The van der Waals surface area contributed by atoms with Crippen LogP contribution in [0, 0.1) is 0 Å². The van der Waals surface area contributed by atoms with E-state index in [2.05, 4.69) is 24.3 Å². The van der Waals surface area contributed by atoms with Crippen LogP contribution in [-0.4, -0.2) is 11.7 Å². The second kappa shape index (κ2) is 8.36. The van der Waals surface area contributed by atoms with Crippen molar-refractivity contribution in [2.75, 3.05) is 7.11 Å². The Bertz CT molecular complexity index is 1360. The first kappa shape index (κ1) is 19.5. The van der Waals surface area contributed by atoms with Gasteiger partial charge in [0, 0.05) is 0 Å². The van der Waals surface area contributed by atoms with Crippen LogP contribution in [0.1, 0.15) is 35.2 Å². The van der Waals surface area contributed by atoms with E-state index in [-0.39, 0.29) is 17.6 Å². The molecule has 0 radical (unpaired) electrons. The zero-order valence-corrected chi connectivity index (χ0v) is 18.0. The van der Waals surface area contributed by atoms with E-state index < -0.39 is 0 Å². The molecule has 1 aliphatic rings. The summed E-state index contributed by atoms with van der Waals surface area (Å²) in [6.45, 7) is 0. The predicted molar refractivity (Wildman–Crippen MR) is 124 cm³/mol. The van der Waals surface area contributed by atoms with Gasteiger partial charge in [0.15, 0.2) is 4.80 Å². The third-order valence-corrected chi connectivity index (χ3v) is 6.64. The van der Waals surface area contributed by atoms with Crippen molar-refractivity contribution in [2.45, 2.75) is 18.5 Å². The van der Waals surface area contributed by atoms with Gasteiger partial charge in [0.05, 0.1) is 23.7 Å². The van der Waals surface area contributed by atoms with E-state index in [0.29, 0.717) is 4.53 Å². The van der Waals surface area contributed by atoms with Gasteiger partial charge in [0.2, 0.25) is 0 Å². The maximum Gasteiger partial charge on any atom is 0.270 e. The number of hydrogen-bond donors (Lipinski definition) is 0. The summed E-state index contributed by atoms with van der Waals surface area (Å²) in [5, 5.41) is 0. The molecule has 0 saturated heterocycles. The lowest BCUT2D eigenvalue weighted by Gasteiger charge is -2.26. The second-order valence-electron chi connectivity index (χ2n) is 7.56. The number of aromatic nitrogens is 1. The van der Waals surface area contributed by atoms with Crippen molar-refractivity contribution in [3.05, 3.63) is 121 Å². The van der Waals surface area contributed by atoms with Gasteiger partial charge in [0.25, 0.3) is 5.56 Å². The summed E-state index contributed by atoms with van der Waals surface area (Å²) in [5.41, 5.74) is 3.29. The minimum absolute atomic E-state index is 0.0138. The lowest BCUT2D eigenvalue weighted by atomic mass is 9.94. The van der Waals surface area contributed by atoms with Crippen LogP contribution in [0.3, 0.4) is 0 Å². The van der Waals surface area contributed by atoms with E-state index in [0.717, 1.165) is 28.1 Å². The maximum atomic E-state index is 13.4. The standard InChI is InChI=1S/C26H22N2O2S/c1-30-21-14-12-18(13-15-21)16-24-25(29)28-23(20-10-6-3-7-11-20)17-22(27-26(28)31-24)19-8-4-2-5-9-19/h2-16,22-23H,17H2,1H3/b24-16+. The van der Waals surface area contributed by atoms with Gasteiger partial charge >= 0.3 is 0 Å². The highest BCUT2D eigenvalue weighted by molar-refractivity contribution is 7.07. The van der Waals surface area contributed by atoms with Crippen LogP contribution >= 0.6 is 11.3 Å². The molecule has 154 valence electrons. The molecule has 4 nitrogen and oxygen atoms in total. The summed E-state index contributed by atoms with van der Waals surface area (Å²) in [6.07, 6.45) is 2.70. The number of thiazole rings is 1. The number of fused-ring (bicyclic) bond motifs is 1. The van der Waals surface area contributed by atoms with Gasteiger partial charge in [-0.3, -0.25) is 14.4 Å². The van der Waals surface area contributed by atoms with Gasteiger partial charge in [0.1, 0.15) is 5.75 Å². The first-order chi connectivity index (χ1) is 15.2. The highest BCUT2D eigenvalue weighted by Gasteiger charge is 2.28. The predicted octanol–water partition coefficient (Wildman–Crippen LogP) is 4.10. The minimum atomic E-state index is -0.0410. The average Bonchev–Trinajstić information content (AvgIpc) is 3.15. The second-order valence-corrected chi connectivity index (χ2v) is 8.57. The normalized spacial score (nSPS) is 18.3. The molecule has 0 amide bonds. The Morgan fingerprint density at radius 1 is 0.935 bits per heavy atom. The molecule has 5 rings (SSSR count). The Balaban J connectivity index is 1.67. The monoisotopic (exact) mass is 426 g/mol. The highest BCUT2D eigenvalue weighted by Crippen LogP contribution is 2.33. The van der Waals surface area contributed by atoms with Crippen molar-refractivity contribution < 1.29 is 4.74 Å².